The number of carbonyl (C=O) groups excluding carboxylic acids is 1. The number of nitrogens with zero attached hydrogens (tertiary/aromatic N) is 3. The van der Waals surface area contributed by atoms with Gasteiger partial charge in [-0.05, 0) is 12.8 Å². The van der Waals surface area contributed by atoms with Gasteiger partial charge in [0.05, 0.1) is 12.7 Å². The van der Waals surface area contributed by atoms with Crippen LogP contribution in [0.5, 0.6) is 0 Å². The molecule has 0 saturated carbocycles. The second-order valence-corrected chi connectivity index (χ2v) is 8.32. The van der Waals surface area contributed by atoms with Gasteiger partial charge in [-0.2, -0.15) is 4.98 Å². The molecule has 1 amide bonds. The smallest absolute Gasteiger partial charge is 0.237 e. The summed E-state index contributed by atoms with van der Waals surface area (Å²) in [7, 11) is -3.63. The maximum Gasteiger partial charge on any atom is 0.237 e. The zero-order valence-electron chi connectivity index (χ0n) is 13.7. The molecule has 0 aromatic carbocycles. The van der Waals surface area contributed by atoms with Crippen LogP contribution in [0.4, 0.5) is 0 Å². The SMILES string of the molecule is CC(C)Cc1nc(CS(=O)(=O)CC(=O)N2CCOC(C)C2)no1. The van der Waals surface area contributed by atoms with E-state index in [-0.39, 0.29) is 17.7 Å². The number of morpholine rings is 1. The monoisotopic (exact) mass is 345 g/mol. The lowest BCUT2D eigenvalue weighted by Gasteiger charge is -2.31. The van der Waals surface area contributed by atoms with E-state index >= 15 is 0 Å². The van der Waals surface area contributed by atoms with E-state index in [4.69, 9.17) is 9.26 Å². The molecule has 1 aliphatic heterocycles. The van der Waals surface area contributed by atoms with Crippen molar-refractivity contribution in [2.75, 3.05) is 25.4 Å². The van der Waals surface area contributed by atoms with Gasteiger partial charge in [0.25, 0.3) is 0 Å². The maximum atomic E-state index is 12.2. The Balaban J connectivity index is 1.93. The molecular formula is C14H23N3O5S. The van der Waals surface area contributed by atoms with Gasteiger partial charge in [0.2, 0.25) is 11.8 Å². The topological polar surface area (TPSA) is 103 Å². The molecule has 1 aromatic rings. The van der Waals surface area contributed by atoms with Crippen molar-refractivity contribution in [3.8, 4) is 0 Å². The lowest BCUT2D eigenvalue weighted by molar-refractivity contribution is -0.135. The van der Waals surface area contributed by atoms with Crippen molar-refractivity contribution in [3.05, 3.63) is 11.7 Å². The quantitative estimate of drug-likeness (QED) is 0.736. The highest BCUT2D eigenvalue weighted by molar-refractivity contribution is 7.91. The number of aromatic nitrogens is 2. The van der Waals surface area contributed by atoms with E-state index in [1.54, 1.807) is 0 Å². The molecule has 1 aromatic heterocycles. The molecule has 1 fully saturated rings. The van der Waals surface area contributed by atoms with Crippen LogP contribution >= 0.6 is 0 Å². The minimum absolute atomic E-state index is 0.0776. The molecule has 0 N–H and O–H groups in total. The van der Waals surface area contributed by atoms with Gasteiger partial charge in [-0.1, -0.05) is 19.0 Å². The molecule has 8 nitrogen and oxygen atoms in total. The summed E-state index contributed by atoms with van der Waals surface area (Å²) in [5, 5.41) is 3.68. The van der Waals surface area contributed by atoms with Crippen LogP contribution in [0, 0.1) is 5.92 Å². The Morgan fingerprint density at radius 1 is 1.43 bits per heavy atom. The molecule has 23 heavy (non-hydrogen) atoms. The van der Waals surface area contributed by atoms with Crippen molar-refractivity contribution in [2.24, 2.45) is 5.92 Å². The van der Waals surface area contributed by atoms with Gasteiger partial charge in [-0.3, -0.25) is 4.79 Å². The number of sulfone groups is 1. The third-order valence-corrected chi connectivity index (χ3v) is 4.76. The molecule has 2 rings (SSSR count). The van der Waals surface area contributed by atoms with Crippen LogP contribution in [0.15, 0.2) is 4.52 Å². The minimum atomic E-state index is -3.63. The average molecular weight is 345 g/mol. The Hall–Kier alpha value is -1.48. The second-order valence-electron chi connectivity index (χ2n) is 6.26. The van der Waals surface area contributed by atoms with Gasteiger partial charge in [0.15, 0.2) is 15.7 Å². The zero-order valence-corrected chi connectivity index (χ0v) is 14.5. The summed E-state index contributed by atoms with van der Waals surface area (Å²) in [5.41, 5.74) is 0. The van der Waals surface area contributed by atoms with E-state index in [9.17, 15) is 13.2 Å². The number of rotatable bonds is 6. The summed E-state index contributed by atoms with van der Waals surface area (Å²) in [6.07, 6.45) is 0.517. The standard InChI is InChI=1S/C14H23N3O5S/c1-10(2)6-13-15-12(16-22-13)8-23(19,20)9-14(18)17-4-5-21-11(3)7-17/h10-11H,4-9H2,1-3H3. The fraction of sp³-hybridized carbons (Fsp3) is 0.786. The minimum Gasteiger partial charge on any atom is -0.375 e. The zero-order chi connectivity index (χ0) is 17.0. The summed E-state index contributed by atoms with van der Waals surface area (Å²) in [5.74, 6) is -0.494. The lowest BCUT2D eigenvalue weighted by Crippen LogP contribution is -2.46. The van der Waals surface area contributed by atoms with Crippen molar-refractivity contribution >= 4 is 15.7 Å². The fourth-order valence-corrected chi connectivity index (χ4v) is 3.52. The number of hydrogen-bond donors (Lipinski definition) is 0. The van der Waals surface area contributed by atoms with Gasteiger partial charge >= 0.3 is 0 Å². The molecule has 0 aliphatic carbocycles. The third-order valence-electron chi connectivity index (χ3n) is 3.38. The Morgan fingerprint density at radius 3 is 2.83 bits per heavy atom. The summed E-state index contributed by atoms with van der Waals surface area (Å²) < 4.78 is 34.7. The van der Waals surface area contributed by atoms with Gasteiger partial charge in [0, 0.05) is 19.5 Å². The normalized spacial score (nSPS) is 19.3. The molecule has 0 spiro atoms. The highest BCUT2D eigenvalue weighted by atomic mass is 32.2. The second kappa shape index (κ2) is 7.39. The lowest BCUT2D eigenvalue weighted by atomic mass is 10.1. The molecule has 9 heteroatoms. The Labute approximate surface area is 136 Å². The van der Waals surface area contributed by atoms with Crippen LogP contribution in [0.3, 0.4) is 0 Å². The van der Waals surface area contributed by atoms with Crippen molar-refractivity contribution in [1.82, 2.24) is 15.0 Å². The van der Waals surface area contributed by atoms with Crippen LogP contribution in [0.25, 0.3) is 0 Å². The number of carbonyl (C=O) groups is 1. The van der Waals surface area contributed by atoms with Gasteiger partial charge in [0.1, 0.15) is 11.5 Å². The molecule has 1 atom stereocenters. The van der Waals surface area contributed by atoms with Crippen LogP contribution in [0.2, 0.25) is 0 Å². The first-order valence-electron chi connectivity index (χ1n) is 7.66. The Morgan fingerprint density at radius 2 is 2.17 bits per heavy atom. The number of amides is 1. The highest BCUT2D eigenvalue weighted by Gasteiger charge is 2.27. The van der Waals surface area contributed by atoms with Gasteiger partial charge in [-0.25, -0.2) is 8.42 Å². The van der Waals surface area contributed by atoms with Crippen molar-refractivity contribution < 1.29 is 22.5 Å². The van der Waals surface area contributed by atoms with E-state index in [1.807, 2.05) is 20.8 Å². The van der Waals surface area contributed by atoms with Crippen LogP contribution < -0.4 is 0 Å². The first-order chi connectivity index (χ1) is 10.7. The van der Waals surface area contributed by atoms with E-state index in [2.05, 4.69) is 10.1 Å². The molecule has 0 bridgehead atoms. The summed E-state index contributed by atoms with van der Waals surface area (Å²) >= 11 is 0. The van der Waals surface area contributed by atoms with Crippen LogP contribution in [-0.4, -0.2) is 60.9 Å². The molecular weight excluding hydrogens is 322 g/mol. The molecule has 1 saturated heterocycles. The predicted molar refractivity (Wildman–Crippen MR) is 82.3 cm³/mol. The maximum absolute atomic E-state index is 12.2. The van der Waals surface area contributed by atoms with E-state index in [0.29, 0.717) is 37.9 Å². The van der Waals surface area contributed by atoms with Gasteiger partial charge < -0.3 is 14.2 Å². The number of hydrogen-bond acceptors (Lipinski definition) is 7. The first kappa shape index (κ1) is 17.9. The molecule has 1 aliphatic rings. The first-order valence-corrected chi connectivity index (χ1v) is 9.48. The van der Waals surface area contributed by atoms with E-state index < -0.39 is 21.5 Å². The molecule has 0 radical (unpaired) electrons. The summed E-state index contributed by atoms with van der Waals surface area (Å²) in [6.45, 7) is 7.11. The number of ether oxygens (including phenoxy) is 1. The molecule has 1 unspecified atom stereocenters. The molecule has 130 valence electrons. The summed E-state index contributed by atoms with van der Waals surface area (Å²) in [6, 6.07) is 0. The van der Waals surface area contributed by atoms with Crippen molar-refractivity contribution in [2.45, 2.75) is 39.0 Å². The third kappa shape index (κ3) is 5.58. The van der Waals surface area contributed by atoms with Crippen LogP contribution in [0.1, 0.15) is 32.5 Å². The summed E-state index contributed by atoms with van der Waals surface area (Å²) in [4.78, 5) is 17.7. The van der Waals surface area contributed by atoms with Crippen molar-refractivity contribution in [3.63, 3.8) is 0 Å². The van der Waals surface area contributed by atoms with Crippen LogP contribution in [-0.2, 0) is 31.5 Å². The van der Waals surface area contributed by atoms with E-state index in [1.165, 1.54) is 4.90 Å². The Kier molecular flexibility index (Phi) is 5.74. The molecule has 2 heterocycles. The predicted octanol–water partition coefficient (Wildman–Crippen LogP) is 0.430. The van der Waals surface area contributed by atoms with E-state index in [0.717, 1.165) is 0 Å². The Bertz CT molecular complexity index is 641. The fourth-order valence-electron chi connectivity index (χ4n) is 2.35. The van der Waals surface area contributed by atoms with Gasteiger partial charge in [-0.15, -0.1) is 0 Å². The largest absolute Gasteiger partial charge is 0.375 e. The highest BCUT2D eigenvalue weighted by Crippen LogP contribution is 2.10. The van der Waals surface area contributed by atoms with Crippen molar-refractivity contribution in [1.29, 1.82) is 0 Å². The average Bonchev–Trinajstić information content (AvgIpc) is 2.83.